The third-order valence-corrected chi connectivity index (χ3v) is 4.48. The molecular weight excluding hydrogens is 416 g/mol. The summed E-state index contributed by atoms with van der Waals surface area (Å²) in [5.41, 5.74) is 4.32. The minimum Gasteiger partial charge on any atom is -0.486 e. The Morgan fingerprint density at radius 1 is 1.03 bits per heavy atom. The first-order valence-corrected chi connectivity index (χ1v) is 9.38. The lowest BCUT2D eigenvalue weighted by atomic mass is 10.2. The van der Waals surface area contributed by atoms with Gasteiger partial charge in [-0.05, 0) is 48.0 Å². The molecule has 0 aliphatic heterocycles. The van der Waals surface area contributed by atoms with Crippen molar-refractivity contribution in [2.24, 2.45) is 5.10 Å². The molecule has 0 amide bonds. The molecule has 0 radical (unpaired) electrons. The molecule has 1 aromatic heterocycles. The summed E-state index contributed by atoms with van der Waals surface area (Å²) in [6.07, 6.45) is 1.47. The largest absolute Gasteiger partial charge is 0.486 e. The van der Waals surface area contributed by atoms with Gasteiger partial charge in [-0.2, -0.15) is 5.10 Å². The van der Waals surface area contributed by atoms with E-state index in [4.69, 9.17) is 4.74 Å². The number of nitrogens with one attached hydrogen (secondary N) is 2. The van der Waals surface area contributed by atoms with Crippen LogP contribution in [-0.2, 0) is 6.61 Å². The average Bonchev–Trinajstić information content (AvgIpc) is 3.21. The predicted octanol–water partition coefficient (Wildman–Crippen LogP) is 4.40. The summed E-state index contributed by atoms with van der Waals surface area (Å²) in [5, 5.41) is 25.9. The van der Waals surface area contributed by atoms with Gasteiger partial charge in [0.1, 0.15) is 23.9 Å². The fourth-order valence-corrected chi connectivity index (χ4v) is 2.93. The number of H-pyrrole nitrogens is 1. The number of nitro benzene ring substituents is 2. The molecule has 32 heavy (non-hydrogen) atoms. The second kappa shape index (κ2) is 8.92. The van der Waals surface area contributed by atoms with Crippen LogP contribution in [0, 0.1) is 20.2 Å². The van der Waals surface area contributed by atoms with Crippen molar-refractivity contribution in [2.45, 2.75) is 6.61 Å². The minimum atomic E-state index is -0.709. The van der Waals surface area contributed by atoms with Gasteiger partial charge in [-0.1, -0.05) is 12.1 Å². The highest BCUT2D eigenvalue weighted by molar-refractivity contribution is 5.81. The Morgan fingerprint density at radius 3 is 2.53 bits per heavy atom. The molecule has 2 N–H and O–H groups in total. The summed E-state index contributed by atoms with van der Waals surface area (Å²) >= 11 is 0. The molecule has 0 saturated heterocycles. The molecule has 3 aromatic carbocycles. The fourth-order valence-electron chi connectivity index (χ4n) is 2.93. The zero-order chi connectivity index (χ0) is 22.5. The molecule has 0 aliphatic rings. The second-order valence-corrected chi connectivity index (χ2v) is 6.64. The molecule has 0 unspecified atom stereocenters. The third-order valence-electron chi connectivity index (χ3n) is 4.48. The van der Waals surface area contributed by atoms with Gasteiger partial charge in [-0.25, -0.2) is 4.98 Å². The van der Waals surface area contributed by atoms with Crippen LogP contribution in [0.25, 0.3) is 11.0 Å². The first-order valence-electron chi connectivity index (χ1n) is 9.38. The highest BCUT2D eigenvalue weighted by Gasteiger charge is 2.19. The van der Waals surface area contributed by atoms with Crippen molar-refractivity contribution in [3.05, 3.63) is 98.3 Å². The maximum Gasteiger partial charge on any atom is 0.301 e. The highest BCUT2D eigenvalue weighted by atomic mass is 16.6. The van der Waals surface area contributed by atoms with Gasteiger partial charge in [-0.3, -0.25) is 25.7 Å². The van der Waals surface area contributed by atoms with Gasteiger partial charge in [0, 0.05) is 6.07 Å². The average molecular weight is 432 g/mol. The van der Waals surface area contributed by atoms with E-state index in [1.165, 1.54) is 18.3 Å². The van der Waals surface area contributed by atoms with E-state index in [0.29, 0.717) is 11.6 Å². The van der Waals surface area contributed by atoms with Crippen LogP contribution >= 0.6 is 0 Å². The number of fused-ring (bicyclic) bond motifs is 1. The fraction of sp³-hybridized carbons (Fsp3) is 0.0476. The Balaban J connectivity index is 1.37. The van der Waals surface area contributed by atoms with E-state index in [1.807, 2.05) is 24.3 Å². The minimum absolute atomic E-state index is 0.0441. The molecule has 0 aliphatic carbocycles. The van der Waals surface area contributed by atoms with E-state index >= 15 is 0 Å². The van der Waals surface area contributed by atoms with Crippen molar-refractivity contribution in [2.75, 3.05) is 5.43 Å². The van der Waals surface area contributed by atoms with E-state index in [2.05, 4.69) is 20.5 Å². The Hall–Kier alpha value is -4.80. The van der Waals surface area contributed by atoms with Gasteiger partial charge < -0.3 is 9.72 Å². The molecule has 11 nitrogen and oxygen atoms in total. The van der Waals surface area contributed by atoms with Crippen LogP contribution < -0.4 is 10.2 Å². The number of hydrogen-bond donors (Lipinski definition) is 2. The number of non-ortho nitro benzene ring substituents is 1. The summed E-state index contributed by atoms with van der Waals surface area (Å²) in [7, 11) is 0. The van der Waals surface area contributed by atoms with Crippen LogP contribution in [0.15, 0.2) is 71.8 Å². The SMILES string of the molecule is O=[N+]([O-])c1ccc(N/N=C\c2ccc(OCc3nc4ccccc4[nH]3)cc2)c([N+](=O)[O-])c1. The Bertz CT molecular complexity index is 1280. The molecule has 0 spiro atoms. The number of ether oxygens (including phenoxy) is 1. The lowest BCUT2D eigenvalue weighted by Gasteiger charge is -2.04. The monoisotopic (exact) mass is 432 g/mol. The number of rotatable bonds is 8. The predicted molar refractivity (Wildman–Crippen MR) is 118 cm³/mol. The van der Waals surface area contributed by atoms with Gasteiger partial charge >= 0.3 is 5.69 Å². The van der Waals surface area contributed by atoms with Gasteiger partial charge in [0.15, 0.2) is 0 Å². The molecule has 0 atom stereocenters. The van der Waals surface area contributed by atoms with Crippen molar-refractivity contribution < 1.29 is 14.6 Å². The van der Waals surface area contributed by atoms with Gasteiger partial charge in [0.2, 0.25) is 0 Å². The van der Waals surface area contributed by atoms with Crippen molar-refractivity contribution in [1.29, 1.82) is 0 Å². The molecule has 0 saturated carbocycles. The van der Waals surface area contributed by atoms with Crippen LogP contribution in [-0.4, -0.2) is 26.0 Å². The molecule has 4 aromatic rings. The molecule has 1 heterocycles. The molecule has 0 bridgehead atoms. The maximum absolute atomic E-state index is 11.2. The third kappa shape index (κ3) is 4.67. The van der Waals surface area contributed by atoms with Crippen molar-refractivity contribution in [3.63, 3.8) is 0 Å². The normalized spacial score (nSPS) is 11.0. The smallest absolute Gasteiger partial charge is 0.301 e. The lowest BCUT2D eigenvalue weighted by molar-refractivity contribution is -0.393. The number of benzene rings is 3. The topological polar surface area (TPSA) is 149 Å². The van der Waals surface area contributed by atoms with Gasteiger partial charge in [0.05, 0.1) is 33.2 Å². The van der Waals surface area contributed by atoms with Crippen LogP contribution in [0.3, 0.4) is 0 Å². The van der Waals surface area contributed by atoms with Gasteiger partial charge in [0.25, 0.3) is 5.69 Å². The van der Waals surface area contributed by atoms with Gasteiger partial charge in [-0.15, -0.1) is 0 Å². The number of aromatic nitrogens is 2. The zero-order valence-electron chi connectivity index (χ0n) is 16.5. The number of nitro groups is 2. The van der Waals surface area contributed by atoms with E-state index in [-0.39, 0.29) is 18.0 Å². The van der Waals surface area contributed by atoms with Crippen molar-refractivity contribution in [1.82, 2.24) is 9.97 Å². The number of hydrazone groups is 1. The zero-order valence-corrected chi connectivity index (χ0v) is 16.5. The Morgan fingerprint density at radius 2 is 1.81 bits per heavy atom. The maximum atomic E-state index is 11.2. The Labute approximate surface area is 180 Å². The van der Waals surface area contributed by atoms with Crippen LogP contribution in [0.4, 0.5) is 17.1 Å². The molecule has 11 heteroatoms. The van der Waals surface area contributed by atoms with E-state index in [1.54, 1.807) is 24.3 Å². The number of imidazole rings is 1. The van der Waals surface area contributed by atoms with Crippen molar-refractivity contribution >= 4 is 34.3 Å². The second-order valence-electron chi connectivity index (χ2n) is 6.64. The Kier molecular flexibility index (Phi) is 5.70. The first-order chi connectivity index (χ1) is 15.5. The van der Waals surface area contributed by atoms with Crippen LogP contribution in [0.2, 0.25) is 0 Å². The molecular formula is C21H16N6O5. The highest BCUT2D eigenvalue weighted by Crippen LogP contribution is 2.28. The number of hydrogen-bond acceptors (Lipinski definition) is 8. The summed E-state index contributed by atoms with van der Waals surface area (Å²) in [6, 6.07) is 18.1. The van der Waals surface area contributed by atoms with E-state index in [0.717, 1.165) is 22.7 Å². The number of aromatic amines is 1. The molecule has 0 fully saturated rings. The standard InChI is InChI=1S/C21H16N6O5/c28-26(29)15-7-10-19(20(11-15)27(30)31)25-22-12-14-5-8-16(9-6-14)32-13-21-23-17-3-1-2-4-18(17)24-21/h1-12,25H,13H2,(H,23,24)/b22-12-. The number of para-hydroxylation sites is 2. The lowest BCUT2D eigenvalue weighted by Crippen LogP contribution is -1.99. The first kappa shape index (κ1) is 20.5. The summed E-state index contributed by atoms with van der Waals surface area (Å²) in [4.78, 5) is 28.2. The van der Waals surface area contributed by atoms with E-state index < -0.39 is 15.5 Å². The summed E-state index contributed by atoms with van der Waals surface area (Å²) in [5.74, 6) is 1.35. The van der Waals surface area contributed by atoms with Crippen LogP contribution in [0.1, 0.15) is 11.4 Å². The molecule has 160 valence electrons. The summed E-state index contributed by atoms with van der Waals surface area (Å²) in [6.45, 7) is 0.285. The number of anilines is 1. The van der Waals surface area contributed by atoms with Crippen molar-refractivity contribution in [3.8, 4) is 5.75 Å². The summed E-state index contributed by atoms with van der Waals surface area (Å²) < 4.78 is 5.74. The van der Waals surface area contributed by atoms with E-state index in [9.17, 15) is 20.2 Å². The number of nitrogens with zero attached hydrogens (tertiary/aromatic N) is 4. The quantitative estimate of drug-likeness (QED) is 0.238. The van der Waals surface area contributed by atoms with Crippen LogP contribution in [0.5, 0.6) is 5.75 Å². The molecule has 4 rings (SSSR count).